The van der Waals surface area contributed by atoms with Gasteiger partial charge >= 0.3 is 0 Å². The molecule has 2 aliphatic rings. The topological polar surface area (TPSA) is 47.9 Å². The van der Waals surface area contributed by atoms with Gasteiger partial charge in [-0.25, -0.2) is 4.99 Å². The lowest BCUT2D eigenvalue weighted by Crippen LogP contribution is -2.46. The maximum absolute atomic E-state index is 12.1. The molecule has 2 aliphatic heterocycles. The third-order valence-corrected chi connectivity index (χ3v) is 4.11. The summed E-state index contributed by atoms with van der Waals surface area (Å²) in [5.74, 6) is 1.79. The third kappa shape index (κ3) is 5.64. The van der Waals surface area contributed by atoms with E-state index in [1.165, 1.54) is 12.8 Å². The Labute approximate surface area is 145 Å². The number of nitrogens with one attached hydrogen (secondary N) is 1. The summed E-state index contributed by atoms with van der Waals surface area (Å²) < 4.78 is 0. The van der Waals surface area contributed by atoms with E-state index in [4.69, 9.17) is 0 Å². The summed E-state index contributed by atoms with van der Waals surface area (Å²) in [6.45, 7) is 9.40. The first-order chi connectivity index (χ1) is 9.70. The van der Waals surface area contributed by atoms with Gasteiger partial charge in [0.1, 0.15) is 6.54 Å². The number of likely N-dealkylation sites (tertiary alicyclic amines) is 2. The molecule has 2 fully saturated rings. The van der Waals surface area contributed by atoms with E-state index < -0.39 is 0 Å². The minimum Gasteiger partial charge on any atom is -0.357 e. The van der Waals surface area contributed by atoms with Crippen LogP contribution in [0.25, 0.3) is 0 Å². The van der Waals surface area contributed by atoms with Crippen molar-refractivity contribution in [3.63, 3.8) is 0 Å². The summed E-state index contributed by atoms with van der Waals surface area (Å²) in [6, 6.07) is 0. The van der Waals surface area contributed by atoms with Crippen LogP contribution in [0.3, 0.4) is 0 Å². The van der Waals surface area contributed by atoms with Gasteiger partial charge in [0.05, 0.1) is 0 Å². The molecule has 0 spiro atoms. The van der Waals surface area contributed by atoms with Gasteiger partial charge in [0.15, 0.2) is 5.96 Å². The van der Waals surface area contributed by atoms with E-state index in [0.717, 1.165) is 51.5 Å². The highest BCUT2D eigenvalue weighted by molar-refractivity contribution is 14.0. The highest BCUT2D eigenvalue weighted by atomic mass is 127. The Bertz CT molecular complexity index is 356. The number of guanidine groups is 1. The van der Waals surface area contributed by atoms with Crippen LogP contribution in [0.2, 0.25) is 0 Å². The van der Waals surface area contributed by atoms with Crippen molar-refractivity contribution in [2.24, 2.45) is 10.9 Å². The third-order valence-electron chi connectivity index (χ3n) is 4.11. The lowest BCUT2D eigenvalue weighted by Gasteiger charge is -2.33. The Morgan fingerprint density at radius 1 is 1.19 bits per heavy atom. The Balaban J connectivity index is 0.00000220. The second-order valence-electron chi connectivity index (χ2n) is 5.95. The standard InChI is InChI=1S/C15H28N4O.HI/c1-3-16-15(19-10-6-7-13(2)12-19)17-11-14(20)18-8-4-5-9-18;/h13H,3-12H2,1-2H3,(H,16,17);1H. The Hall–Kier alpha value is -0.530. The summed E-state index contributed by atoms with van der Waals surface area (Å²) in [5, 5.41) is 3.32. The van der Waals surface area contributed by atoms with Crippen LogP contribution >= 0.6 is 24.0 Å². The smallest absolute Gasteiger partial charge is 0.244 e. The van der Waals surface area contributed by atoms with Crippen molar-refractivity contribution in [1.29, 1.82) is 0 Å². The molecule has 1 amide bonds. The van der Waals surface area contributed by atoms with E-state index in [9.17, 15) is 4.79 Å². The predicted octanol–water partition coefficient (Wildman–Crippen LogP) is 1.92. The van der Waals surface area contributed by atoms with Gasteiger partial charge in [-0.05, 0) is 38.5 Å². The normalized spacial score (nSPS) is 23.0. The first kappa shape index (κ1) is 18.5. The molecule has 1 N–H and O–H groups in total. The minimum atomic E-state index is 0. The predicted molar refractivity (Wildman–Crippen MR) is 97.2 cm³/mol. The van der Waals surface area contributed by atoms with Crippen LogP contribution in [0, 0.1) is 5.92 Å². The zero-order chi connectivity index (χ0) is 14.4. The summed E-state index contributed by atoms with van der Waals surface area (Å²) in [4.78, 5) is 20.9. The molecule has 1 unspecified atom stereocenters. The quantitative estimate of drug-likeness (QED) is 0.441. The molecule has 5 nitrogen and oxygen atoms in total. The summed E-state index contributed by atoms with van der Waals surface area (Å²) in [7, 11) is 0. The maximum Gasteiger partial charge on any atom is 0.244 e. The Morgan fingerprint density at radius 2 is 1.86 bits per heavy atom. The fourth-order valence-electron chi connectivity index (χ4n) is 3.02. The second kappa shape index (κ2) is 9.48. The molecule has 0 bridgehead atoms. The van der Waals surface area contributed by atoms with Crippen molar-refractivity contribution in [1.82, 2.24) is 15.1 Å². The van der Waals surface area contributed by atoms with Crippen molar-refractivity contribution < 1.29 is 4.79 Å². The molecule has 0 radical (unpaired) electrons. The van der Waals surface area contributed by atoms with Gasteiger partial charge in [0.2, 0.25) is 5.91 Å². The second-order valence-corrected chi connectivity index (χ2v) is 5.95. The monoisotopic (exact) mass is 408 g/mol. The van der Waals surface area contributed by atoms with Crippen molar-refractivity contribution in [2.45, 2.75) is 39.5 Å². The van der Waals surface area contributed by atoms with Gasteiger partial charge < -0.3 is 15.1 Å². The van der Waals surface area contributed by atoms with E-state index in [2.05, 4.69) is 29.1 Å². The molecule has 2 saturated heterocycles. The molecule has 0 aliphatic carbocycles. The summed E-state index contributed by atoms with van der Waals surface area (Å²) in [6.07, 6.45) is 4.78. The SMILES string of the molecule is CCNC(=NCC(=O)N1CCCC1)N1CCCC(C)C1.I. The van der Waals surface area contributed by atoms with Crippen LogP contribution in [0.5, 0.6) is 0 Å². The molecule has 6 heteroatoms. The maximum atomic E-state index is 12.1. The van der Waals surface area contributed by atoms with Gasteiger partial charge in [-0.2, -0.15) is 0 Å². The van der Waals surface area contributed by atoms with Crippen molar-refractivity contribution in [2.75, 3.05) is 39.3 Å². The molecule has 2 heterocycles. The number of halogens is 1. The first-order valence-electron chi connectivity index (χ1n) is 8.01. The summed E-state index contributed by atoms with van der Waals surface area (Å²) in [5.41, 5.74) is 0. The van der Waals surface area contributed by atoms with Crippen LogP contribution in [0.4, 0.5) is 0 Å². The lowest BCUT2D eigenvalue weighted by molar-refractivity contribution is -0.128. The molecule has 0 aromatic carbocycles. The average Bonchev–Trinajstić information content (AvgIpc) is 2.97. The van der Waals surface area contributed by atoms with Crippen LogP contribution < -0.4 is 5.32 Å². The fraction of sp³-hybridized carbons (Fsp3) is 0.867. The zero-order valence-electron chi connectivity index (χ0n) is 13.3. The van der Waals surface area contributed by atoms with Gasteiger partial charge in [0, 0.05) is 32.7 Å². The molecule has 0 saturated carbocycles. The van der Waals surface area contributed by atoms with E-state index in [1.54, 1.807) is 0 Å². The van der Waals surface area contributed by atoms with Crippen LogP contribution in [-0.2, 0) is 4.79 Å². The van der Waals surface area contributed by atoms with E-state index in [0.29, 0.717) is 5.92 Å². The minimum absolute atomic E-state index is 0. The molecular weight excluding hydrogens is 379 g/mol. The van der Waals surface area contributed by atoms with Crippen molar-refractivity contribution in [3.05, 3.63) is 0 Å². The molecule has 122 valence electrons. The number of piperidine rings is 1. The zero-order valence-corrected chi connectivity index (χ0v) is 15.6. The largest absolute Gasteiger partial charge is 0.357 e. The van der Waals surface area contributed by atoms with E-state index >= 15 is 0 Å². The number of carbonyl (C=O) groups is 1. The van der Waals surface area contributed by atoms with E-state index in [-0.39, 0.29) is 36.4 Å². The summed E-state index contributed by atoms with van der Waals surface area (Å²) >= 11 is 0. The molecule has 0 aromatic rings. The van der Waals surface area contributed by atoms with Gasteiger partial charge in [-0.15, -0.1) is 24.0 Å². The Kier molecular flexibility index (Phi) is 8.36. The van der Waals surface area contributed by atoms with Gasteiger partial charge in [0.25, 0.3) is 0 Å². The van der Waals surface area contributed by atoms with Crippen molar-refractivity contribution >= 4 is 35.8 Å². The van der Waals surface area contributed by atoms with Crippen LogP contribution in [-0.4, -0.2) is 60.9 Å². The average molecular weight is 408 g/mol. The number of rotatable bonds is 3. The number of hydrogen-bond acceptors (Lipinski definition) is 2. The van der Waals surface area contributed by atoms with Crippen LogP contribution in [0.1, 0.15) is 39.5 Å². The lowest BCUT2D eigenvalue weighted by atomic mass is 10.0. The molecule has 2 rings (SSSR count). The molecular formula is C15H29IN4O. The van der Waals surface area contributed by atoms with E-state index in [1.807, 2.05) is 4.90 Å². The first-order valence-corrected chi connectivity index (χ1v) is 8.01. The fourth-order valence-corrected chi connectivity index (χ4v) is 3.02. The highest BCUT2D eigenvalue weighted by Crippen LogP contribution is 2.15. The van der Waals surface area contributed by atoms with Crippen molar-refractivity contribution in [3.8, 4) is 0 Å². The number of amides is 1. The molecule has 1 atom stereocenters. The van der Waals surface area contributed by atoms with Crippen LogP contribution in [0.15, 0.2) is 4.99 Å². The Morgan fingerprint density at radius 3 is 2.48 bits per heavy atom. The number of aliphatic imine (C=N–C) groups is 1. The highest BCUT2D eigenvalue weighted by Gasteiger charge is 2.21. The number of hydrogen-bond donors (Lipinski definition) is 1. The molecule has 0 aromatic heterocycles. The number of carbonyl (C=O) groups excluding carboxylic acids is 1. The molecule has 21 heavy (non-hydrogen) atoms. The van der Waals surface area contributed by atoms with Gasteiger partial charge in [-0.3, -0.25) is 4.79 Å². The van der Waals surface area contributed by atoms with Gasteiger partial charge in [-0.1, -0.05) is 6.92 Å². The number of nitrogens with zero attached hydrogens (tertiary/aromatic N) is 3.